The fourth-order valence-corrected chi connectivity index (χ4v) is 1.65. The molecule has 3 N–H and O–H groups in total. The van der Waals surface area contributed by atoms with Gasteiger partial charge >= 0.3 is 0 Å². The Morgan fingerprint density at radius 2 is 2.11 bits per heavy atom. The van der Waals surface area contributed by atoms with Crippen molar-refractivity contribution >= 4 is 17.4 Å². The molecule has 1 rings (SSSR count). The third-order valence-corrected chi connectivity index (χ3v) is 2.76. The minimum absolute atomic E-state index is 0.0497. The van der Waals surface area contributed by atoms with Gasteiger partial charge in [-0.2, -0.15) is 0 Å². The molecular formula is C13H19ClN2O2. The van der Waals surface area contributed by atoms with Crippen LogP contribution in [0.3, 0.4) is 0 Å². The minimum atomic E-state index is -0.0497. The van der Waals surface area contributed by atoms with Crippen LogP contribution >= 0.6 is 11.6 Å². The lowest BCUT2D eigenvalue weighted by atomic mass is 9.93. The Balaban J connectivity index is 2.86. The average Bonchev–Trinajstić information content (AvgIpc) is 2.26. The van der Waals surface area contributed by atoms with Crippen LogP contribution in [0.15, 0.2) is 23.4 Å². The maximum absolute atomic E-state index is 8.74. The molecule has 1 aromatic rings. The molecule has 0 aliphatic heterocycles. The number of hydrogen-bond donors (Lipinski definition) is 2. The van der Waals surface area contributed by atoms with Gasteiger partial charge in [-0.15, -0.1) is 0 Å². The number of benzene rings is 1. The third-order valence-electron chi connectivity index (χ3n) is 2.45. The second-order valence-corrected chi connectivity index (χ2v) is 5.66. The number of halogens is 1. The van der Waals surface area contributed by atoms with Crippen molar-refractivity contribution in [1.82, 2.24) is 0 Å². The average molecular weight is 271 g/mol. The molecule has 0 saturated heterocycles. The minimum Gasteiger partial charge on any atom is -0.493 e. The molecule has 0 aliphatic carbocycles. The Morgan fingerprint density at radius 1 is 1.44 bits per heavy atom. The number of ether oxygens (including phenoxy) is 1. The molecule has 0 spiro atoms. The van der Waals surface area contributed by atoms with Gasteiger partial charge in [0.15, 0.2) is 5.84 Å². The molecule has 4 nitrogen and oxygen atoms in total. The van der Waals surface area contributed by atoms with Gasteiger partial charge in [-0.3, -0.25) is 0 Å². The summed E-state index contributed by atoms with van der Waals surface area (Å²) in [5, 5.41) is 12.1. The highest BCUT2D eigenvalue weighted by atomic mass is 35.5. The van der Waals surface area contributed by atoms with Gasteiger partial charge in [0, 0.05) is 0 Å². The Morgan fingerprint density at radius 3 is 2.67 bits per heavy atom. The highest BCUT2D eigenvalue weighted by molar-refractivity contribution is 6.34. The molecule has 18 heavy (non-hydrogen) atoms. The van der Waals surface area contributed by atoms with E-state index in [-0.39, 0.29) is 11.3 Å². The predicted octanol–water partition coefficient (Wildman–Crippen LogP) is 3.25. The van der Waals surface area contributed by atoms with Crippen molar-refractivity contribution in [3.05, 3.63) is 28.8 Å². The van der Waals surface area contributed by atoms with Gasteiger partial charge in [0.25, 0.3) is 0 Å². The summed E-state index contributed by atoms with van der Waals surface area (Å²) >= 11 is 6.02. The summed E-state index contributed by atoms with van der Waals surface area (Å²) in [7, 11) is 0. The van der Waals surface area contributed by atoms with Gasteiger partial charge < -0.3 is 15.7 Å². The molecule has 0 heterocycles. The lowest BCUT2D eigenvalue weighted by Crippen LogP contribution is -2.17. The lowest BCUT2D eigenvalue weighted by molar-refractivity contribution is 0.242. The van der Waals surface area contributed by atoms with Crippen LogP contribution in [0.4, 0.5) is 0 Å². The molecule has 0 aliphatic rings. The van der Waals surface area contributed by atoms with Crippen LogP contribution in [-0.4, -0.2) is 17.6 Å². The van der Waals surface area contributed by atoms with Crippen molar-refractivity contribution in [3.63, 3.8) is 0 Å². The first kappa shape index (κ1) is 14.6. The summed E-state index contributed by atoms with van der Waals surface area (Å²) in [5.74, 6) is 0.480. The molecule has 0 fully saturated rings. The van der Waals surface area contributed by atoms with Crippen LogP contribution < -0.4 is 10.5 Å². The van der Waals surface area contributed by atoms with E-state index in [1.165, 1.54) is 0 Å². The van der Waals surface area contributed by atoms with E-state index in [1.807, 2.05) is 0 Å². The zero-order valence-corrected chi connectivity index (χ0v) is 11.7. The summed E-state index contributed by atoms with van der Waals surface area (Å²) in [5.41, 5.74) is 6.21. The van der Waals surface area contributed by atoms with E-state index in [4.69, 9.17) is 27.3 Å². The van der Waals surface area contributed by atoms with Gasteiger partial charge in [0.05, 0.1) is 17.2 Å². The Labute approximate surface area is 112 Å². The maximum atomic E-state index is 8.74. The van der Waals surface area contributed by atoms with E-state index >= 15 is 0 Å². The van der Waals surface area contributed by atoms with Crippen molar-refractivity contribution in [2.45, 2.75) is 27.2 Å². The second kappa shape index (κ2) is 5.96. The molecule has 0 unspecified atom stereocenters. The second-order valence-electron chi connectivity index (χ2n) is 5.26. The van der Waals surface area contributed by atoms with E-state index in [0.717, 1.165) is 6.42 Å². The van der Waals surface area contributed by atoms with Crippen molar-refractivity contribution in [1.29, 1.82) is 0 Å². The van der Waals surface area contributed by atoms with Crippen molar-refractivity contribution < 1.29 is 9.94 Å². The van der Waals surface area contributed by atoms with Gasteiger partial charge in [0.2, 0.25) is 0 Å². The first-order valence-electron chi connectivity index (χ1n) is 5.74. The number of rotatable bonds is 4. The van der Waals surface area contributed by atoms with Gasteiger partial charge in [-0.05, 0) is 24.0 Å². The largest absolute Gasteiger partial charge is 0.493 e. The monoisotopic (exact) mass is 270 g/mol. The van der Waals surface area contributed by atoms with E-state index in [1.54, 1.807) is 18.2 Å². The predicted molar refractivity (Wildman–Crippen MR) is 73.5 cm³/mol. The van der Waals surface area contributed by atoms with Crippen molar-refractivity contribution in [2.75, 3.05) is 6.61 Å². The molecule has 0 amide bonds. The summed E-state index contributed by atoms with van der Waals surface area (Å²) in [6.07, 6.45) is 0.898. The molecule has 0 atom stereocenters. The summed E-state index contributed by atoms with van der Waals surface area (Å²) < 4.78 is 5.66. The molecule has 0 saturated carbocycles. The van der Waals surface area contributed by atoms with E-state index < -0.39 is 0 Å². The van der Waals surface area contributed by atoms with E-state index in [9.17, 15) is 0 Å². The third kappa shape index (κ3) is 4.11. The van der Waals surface area contributed by atoms with Crippen LogP contribution in [0.25, 0.3) is 0 Å². The van der Waals surface area contributed by atoms with Crippen LogP contribution in [-0.2, 0) is 0 Å². The molecule has 0 bridgehead atoms. The molecule has 100 valence electrons. The number of oxime groups is 1. The zero-order chi connectivity index (χ0) is 13.8. The number of nitrogens with two attached hydrogens (primary N) is 1. The van der Waals surface area contributed by atoms with Crippen LogP contribution in [0, 0.1) is 5.41 Å². The van der Waals surface area contributed by atoms with E-state index in [0.29, 0.717) is 22.9 Å². The quantitative estimate of drug-likeness (QED) is 0.382. The van der Waals surface area contributed by atoms with Crippen LogP contribution in [0.2, 0.25) is 5.02 Å². The number of amidine groups is 1. The smallest absolute Gasteiger partial charge is 0.175 e. The molecule has 0 radical (unpaired) electrons. The number of hydrogen-bond acceptors (Lipinski definition) is 3. The highest BCUT2D eigenvalue weighted by Crippen LogP contribution is 2.27. The maximum Gasteiger partial charge on any atom is 0.175 e. The highest BCUT2D eigenvalue weighted by Gasteiger charge is 2.14. The SMILES string of the molecule is CC(C)(C)CCOc1cccc(Cl)c1C(N)=NO. The summed E-state index contributed by atoms with van der Waals surface area (Å²) in [6, 6.07) is 5.19. The van der Waals surface area contributed by atoms with Gasteiger partial charge in [-0.1, -0.05) is 43.6 Å². The van der Waals surface area contributed by atoms with Crippen LogP contribution in [0.1, 0.15) is 32.8 Å². The van der Waals surface area contributed by atoms with Crippen molar-refractivity contribution in [2.24, 2.45) is 16.3 Å². The van der Waals surface area contributed by atoms with Crippen LogP contribution in [0.5, 0.6) is 5.75 Å². The zero-order valence-electron chi connectivity index (χ0n) is 10.9. The topological polar surface area (TPSA) is 67.8 Å². The fraction of sp³-hybridized carbons (Fsp3) is 0.462. The Bertz CT molecular complexity index is 439. The molecule has 0 aromatic heterocycles. The first-order chi connectivity index (χ1) is 8.35. The molecule has 5 heteroatoms. The Kier molecular flexibility index (Phi) is 4.84. The van der Waals surface area contributed by atoms with Crippen molar-refractivity contribution in [3.8, 4) is 5.75 Å². The summed E-state index contributed by atoms with van der Waals surface area (Å²) in [4.78, 5) is 0. The molecule has 1 aromatic carbocycles. The van der Waals surface area contributed by atoms with E-state index in [2.05, 4.69) is 25.9 Å². The fourth-order valence-electron chi connectivity index (χ4n) is 1.39. The summed E-state index contributed by atoms with van der Waals surface area (Å²) in [6.45, 7) is 6.96. The standard InChI is InChI=1S/C13H19ClN2O2/c1-13(2,3)7-8-18-10-6-4-5-9(14)11(10)12(15)16-17/h4-6,17H,7-8H2,1-3H3,(H2,15,16). The molecular weight excluding hydrogens is 252 g/mol. The number of nitrogens with zero attached hydrogens (tertiary/aromatic N) is 1. The Hall–Kier alpha value is -1.42. The first-order valence-corrected chi connectivity index (χ1v) is 6.12. The van der Waals surface area contributed by atoms with Gasteiger partial charge in [-0.25, -0.2) is 0 Å². The van der Waals surface area contributed by atoms with Gasteiger partial charge in [0.1, 0.15) is 5.75 Å². The normalized spacial score (nSPS) is 12.6. The lowest BCUT2D eigenvalue weighted by Gasteiger charge is -2.19.